The Morgan fingerprint density at radius 2 is 0.889 bits per heavy atom. The first-order chi connectivity index (χ1) is 11.8. The van der Waals surface area contributed by atoms with Crippen molar-refractivity contribution in [2.24, 2.45) is 0 Å². The van der Waals surface area contributed by atoms with E-state index in [0.29, 0.717) is 0 Å². The maximum absolute atomic E-state index is 2.47. The second-order valence-electron chi connectivity index (χ2n) is 7.94. The van der Waals surface area contributed by atoms with Gasteiger partial charge in [-0.3, -0.25) is 0 Å². The summed E-state index contributed by atoms with van der Waals surface area (Å²) in [5, 5.41) is 0. The van der Waals surface area contributed by atoms with Crippen LogP contribution in [-0.2, 0) is 23.2 Å². The van der Waals surface area contributed by atoms with Crippen LogP contribution in [0, 0.1) is 27.7 Å². The van der Waals surface area contributed by atoms with E-state index in [2.05, 4.69) is 78.0 Å². The molecular formula is C24H26Cl2Zr. The van der Waals surface area contributed by atoms with Gasteiger partial charge in [-0.2, -0.15) is 0 Å². The summed E-state index contributed by atoms with van der Waals surface area (Å²) < 4.78 is 1.44. The second-order valence-corrected chi connectivity index (χ2v) is 11.6. The molecule has 0 aromatic heterocycles. The zero-order valence-electron chi connectivity index (χ0n) is 16.9. The molecule has 2 aromatic carbocycles. The Kier molecular flexibility index (Phi) is 7.05. The number of allylic oxidation sites excluding steroid dienone is 2. The van der Waals surface area contributed by atoms with Crippen molar-refractivity contribution in [2.45, 2.75) is 48.8 Å². The molecule has 0 N–H and O–H groups in total. The molecular weight excluding hydrogens is 450 g/mol. The number of halogens is 2. The zero-order valence-corrected chi connectivity index (χ0v) is 20.8. The van der Waals surface area contributed by atoms with E-state index in [1.165, 1.54) is 33.4 Å². The van der Waals surface area contributed by atoms with E-state index in [1.807, 2.05) is 0 Å². The molecule has 0 bridgehead atoms. The molecule has 0 radical (unpaired) electrons. The maximum Gasteiger partial charge on any atom is -1.00 e. The Morgan fingerprint density at radius 3 is 1.26 bits per heavy atom. The van der Waals surface area contributed by atoms with Crippen LogP contribution < -0.4 is 24.8 Å². The van der Waals surface area contributed by atoms with Gasteiger partial charge in [0, 0.05) is 0 Å². The van der Waals surface area contributed by atoms with Gasteiger partial charge in [0.2, 0.25) is 0 Å². The molecule has 140 valence electrons. The fourth-order valence-corrected chi connectivity index (χ4v) is 8.86. The molecule has 2 atom stereocenters. The number of fused-ring (bicyclic) bond motifs is 2. The molecule has 2 aliphatic carbocycles. The predicted octanol–water partition coefficient (Wildman–Crippen LogP) is 0.627. The van der Waals surface area contributed by atoms with Gasteiger partial charge in [0.05, 0.1) is 0 Å². The van der Waals surface area contributed by atoms with Crippen LogP contribution in [0.5, 0.6) is 0 Å². The van der Waals surface area contributed by atoms with Crippen molar-refractivity contribution in [1.29, 1.82) is 0 Å². The van der Waals surface area contributed by atoms with E-state index in [0.717, 1.165) is 7.25 Å². The van der Waals surface area contributed by atoms with Crippen LogP contribution in [0.3, 0.4) is 0 Å². The van der Waals surface area contributed by atoms with Crippen molar-refractivity contribution in [3.05, 3.63) is 79.9 Å². The zero-order chi connectivity index (χ0) is 17.9. The molecule has 3 heteroatoms. The number of hydrogen-bond acceptors (Lipinski definition) is 0. The van der Waals surface area contributed by atoms with Crippen molar-refractivity contribution >= 4 is 12.2 Å². The molecule has 0 spiro atoms. The second kappa shape index (κ2) is 8.40. The largest absolute Gasteiger partial charge is 1.00 e. The third-order valence-electron chi connectivity index (χ3n) is 6.03. The average molecular weight is 477 g/mol. The van der Waals surface area contributed by atoms with Gasteiger partial charge in [-0.05, 0) is 0 Å². The van der Waals surface area contributed by atoms with E-state index >= 15 is 0 Å². The third kappa shape index (κ3) is 3.94. The molecule has 0 saturated heterocycles. The first kappa shape index (κ1) is 22.7. The van der Waals surface area contributed by atoms with Crippen LogP contribution in [0.15, 0.2) is 35.4 Å². The van der Waals surface area contributed by atoms with Gasteiger partial charge in [0.25, 0.3) is 0 Å². The Bertz CT molecular complexity index is 876. The molecule has 2 unspecified atom stereocenters. The van der Waals surface area contributed by atoms with Crippen LogP contribution in [0.1, 0.15) is 65.6 Å². The molecule has 0 amide bonds. The monoisotopic (exact) mass is 474 g/mol. The Morgan fingerprint density at radius 1 is 0.556 bits per heavy atom. The predicted molar refractivity (Wildman–Crippen MR) is 105 cm³/mol. The number of aryl methyl sites for hydroxylation is 4. The van der Waals surface area contributed by atoms with E-state index in [4.69, 9.17) is 0 Å². The van der Waals surface area contributed by atoms with Gasteiger partial charge in [-0.1, -0.05) is 0 Å². The third-order valence-corrected chi connectivity index (χ3v) is 11.4. The topological polar surface area (TPSA) is 0 Å². The molecule has 2 aromatic rings. The molecule has 2 aliphatic rings. The summed E-state index contributed by atoms with van der Waals surface area (Å²) in [6, 6.07) is 9.73. The summed E-state index contributed by atoms with van der Waals surface area (Å²) in [6.07, 6.45) is 4.89. The van der Waals surface area contributed by atoms with Crippen molar-refractivity contribution < 1.29 is 48.0 Å². The minimum atomic E-state index is -0.684. The SMILES string of the molecule is CC1=Cc2cc(C)c(C)cc2[CH]1[Zr+2][CH]1C(C)=Cc2cc(C)c(C)cc21.[Cl-].[Cl-]. The fourth-order valence-electron chi connectivity index (χ4n) is 4.23. The van der Waals surface area contributed by atoms with E-state index in [1.54, 1.807) is 22.3 Å². The van der Waals surface area contributed by atoms with Gasteiger partial charge < -0.3 is 24.8 Å². The smallest absolute Gasteiger partial charge is 1.00 e. The van der Waals surface area contributed by atoms with Crippen molar-refractivity contribution in [2.75, 3.05) is 0 Å². The molecule has 0 nitrogen and oxygen atoms in total. The van der Waals surface area contributed by atoms with Crippen molar-refractivity contribution in [3.8, 4) is 0 Å². The number of benzene rings is 2. The van der Waals surface area contributed by atoms with Gasteiger partial charge in [-0.15, -0.1) is 0 Å². The van der Waals surface area contributed by atoms with Crippen LogP contribution in [0.2, 0.25) is 0 Å². The van der Waals surface area contributed by atoms with Crippen LogP contribution in [0.25, 0.3) is 12.2 Å². The van der Waals surface area contributed by atoms with Gasteiger partial charge in [0.1, 0.15) is 0 Å². The van der Waals surface area contributed by atoms with Crippen LogP contribution in [0.4, 0.5) is 0 Å². The average Bonchev–Trinajstić information content (AvgIpc) is 2.99. The molecule has 0 heterocycles. The Hall–Kier alpha value is -0.617. The fraction of sp³-hybridized carbons (Fsp3) is 0.333. The summed E-state index contributed by atoms with van der Waals surface area (Å²) >= 11 is -0.684. The first-order valence-corrected chi connectivity index (χ1v) is 12.0. The molecule has 27 heavy (non-hydrogen) atoms. The molecule has 0 aliphatic heterocycles. The van der Waals surface area contributed by atoms with Gasteiger partial charge in [-0.25, -0.2) is 0 Å². The first-order valence-electron chi connectivity index (χ1n) is 9.20. The van der Waals surface area contributed by atoms with Crippen LogP contribution >= 0.6 is 0 Å². The number of hydrogen-bond donors (Lipinski definition) is 0. The van der Waals surface area contributed by atoms with E-state index < -0.39 is 23.2 Å². The summed E-state index contributed by atoms with van der Waals surface area (Å²) in [7, 11) is 0. The summed E-state index contributed by atoms with van der Waals surface area (Å²) in [4.78, 5) is 0. The van der Waals surface area contributed by atoms with Gasteiger partial charge >= 0.3 is 164 Å². The summed E-state index contributed by atoms with van der Waals surface area (Å²) in [6.45, 7) is 13.7. The van der Waals surface area contributed by atoms with Crippen molar-refractivity contribution in [3.63, 3.8) is 0 Å². The minimum absolute atomic E-state index is 0. The molecule has 4 rings (SSSR count). The molecule has 0 saturated carbocycles. The van der Waals surface area contributed by atoms with Crippen LogP contribution in [-0.4, -0.2) is 0 Å². The summed E-state index contributed by atoms with van der Waals surface area (Å²) in [5.74, 6) is 0. The Labute approximate surface area is 187 Å². The Balaban J connectivity index is 0.00000131. The van der Waals surface area contributed by atoms with E-state index in [9.17, 15) is 0 Å². The van der Waals surface area contributed by atoms with Gasteiger partial charge in [0.15, 0.2) is 0 Å². The summed E-state index contributed by atoms with van der Waals surface area (Å²) in [5.41, 5.74) is 15.1. The quantitative estimate of drug-likeness (QED) is 0.597. The molecule has 0 fully saturated rings. The maximum atomic E-state index is 2.47. The van der Waals surface area contributed by atoms with Crippen molar-refractivity contribution in [1.82, 2.24) is 0 Å². The minimum Gasteiger partial charge on any atom is -1.00 e. The van der Waals surface area contributed by atoms with E-state index in [-0.39, 0.29) is 24.8 Å². The number of rotatable bonds is 2. The standard InChI is InChI=1S/2C12H13.2ClH.Zr/c2*1-8-4-11-6-9(2)10(3)7-12(11)5-8;;;/h2*4-7H,1-3H3;2*1H;/q;;;;+2/p-2. The normalized spacial score (nSPS) is 19.2.